The van der Waals surface area contributed by atoms with Gasteiger partial charge in [-0.05, 0) is 59.3 Å². The molecule has 0 atom stereocenters. The maximum atomic E-state index is 2.43. The van der Waals surface area contributed by atoms with Crippen LogP contribution in [0.2, 0.25) is 0 Å². The Kier molecular flexibility index (Phi) is 3.42. The van der Waals surface area contributed by atoms with E-state index in [4.69, 9.17) is 0 Å². The Morgan fingerprint density at radius 2 is 0.941 bits per heavy atom. The van der Waals surface area contributed by atoms with Gasteiger partial charge in [-0.1, -0.05) is 72.8 Å². The van der Waals surface area contributed by atoms with Gasteiger partial charge in [0.05, 0.1) is 22.1 Å². The predicted molar refractivity (Wildman–Crippen MR) is 144 cm³/mol. The summed E-state index contributed by atoms with van der Waals surface area (Å²) in [4.78, 5) is 0. The first-order valence-corrected chi connectivity index (χ1v) is 11.7. The summed E-state index contributed by atoms with van der Waals surface area (Å²) in [7, 11) is 0. The quantitative estimate of drug-likeness (QED) is 0.242. The van der Waals surface area contributed by atoms with Crippen LogP contribution in [0.5, 0.6) is 0 Å². The van der Waals surface area contributed by atoms with Crippen molar-refractivity contribution >= 4 is 54.4 Å². The summed E-state index contributed by atoms with van der Waals surface area (Å²) in [5.74, 6) is 0. The number of hydrogen-bond donors (Lipinski definition) is 0. The topological polar surface area (TPSA) is 9.86 Å². The van der Waals surface area contributed by atoms with Crippen LogP contribution < -0.4 is 0 Å². The van der Waals surface area contributed by atoms with E-state index in [1.165, 1.54) is 65.8 Å². The van der Waals surface area contributed by atoms with Crippen molar-refractivity contribution in [3.05, 3.63) is 121 Å². The van der Waals surface area contributed by atoms with E-state index in [0.29, 0.717) is 0 Å². The average Bonchev–Trinajstić information content (AvgIpc) is 3.42. The molecule has 0 fully saturated rings. The molecule has 0 aliphatic rings. The summed E-state index contributed by atoms with van der Waals surface area (Å²) < 4.78 is 4.80. The van der Waals surface area contributed by atoms with E-state index < -0.39 is 0 Å². The third kappa shape index (κ3) is 2.24. The Balaban J connectivity index is 1.51. The zero-order valence-corrected chi connectivity index (χ0v) is 18.4. The first kappa shape index (κ1) is 17.9. The van der Waals surface area contributed by atoms with Crippen LogP contribution >= 0.6 is 0 Å². The van der Waals surface area contributed by atoms with Gasteiger partial charge in [0.1, 0.15) is 0 Å². The van der Waals surface area contributed by atoms with Crippen LogP contribution in [0, 0.1) is 0 Å². The highest BCUT2D eigenvalue weighted by Gasteiger charge is 2.18. The first-order chi connectivity index (χ1) is 16.9. The van der Waals surface area contributed by atoms with E-state index in [0.717, 1.165) is 0 Å². The van der Waals surface area contributed by atoms with Gasteiger partial charge in [-0.15, -0.1) is 0 Å². The van der Waals surface area contributed by atoms with E-state index in [9.17, 15) is 0 Å². The predicted octanol–water partition coefficient (Wildman–Crippen LogP) is 8.47. The first-order valence-electron chi connectivity index (χ1n) is 11.7. The van der Waals surface area contributed by atoms with Gasteiger partial charge >= 0.3 is 0 Å². The Labute approximate surface area is 196 Å². The third-order valence-electron chi connectivity index (χ3n) is 7.25. The molecule has 2 heteroatoms. The largest absolute Gasteiger partial charge is 0.309 e. The summed E-state index contributed by atoms with van der Waals surface area (Å²) in [5.41, 5.74) is 7.36. The molecule has 0 N–H and O–H groups in total. The van der Waals surface area contributed by atoms with E-state index in [-0.39, 0.29) is 0 Å². The lowest BCUT2D eigenvalue weighted by atomic mass is 10.0. The molecule has 0 radical (unpaired) electrons. The molecule has 0 unspecified atom stereocenters. The minimum absolute atomic E-state index is 1.18. The van der Waals surface area contributed by atoms with Gasteiger partial charge in [0.25, 0.3) is 0 Å². The average molecular weight is 433 g/mol. The minimum atomic E-state index is 1.18. The third-order valence-corrected chi connectivity index (χ3v) is 7.25. The normalized spacial score (nSPS) is 12.1. The molecular weight excluding hydrogens is 412 g/mol. The number of benzene rings is 6. The molecule has 2 heterocycles. The van der Waals surface area contributed by atoms with Gasteiger partial charge in [0, 0.05) is 32.9 Å². The summed E-state index contributed by atoms with van der Waals surface area (Å²) >= 11 is 0. The molecule has 0 saturated carbocycles. The molecule has 0 amide bonds. The van der Waals surface area contributed by atoms with E-state index in [2.05, 4.69) is 130 Å². The molecule has 0 aliphatic heterocycles. The molecule has 2 aromatic heterocycles. The monoisotopic (exact) mass is 432 g/mol. The number of aromatic nitrogens is 2. The molecule has 0 saturated heterocycles. The molecule has 158 valence electrons. The maximum Gasteiger partial charge on any atom is 0.0547 e. The molecule has 0 aliphatic carbocycles. The molecule has 34 heavy (non-hydrogen) atoms. The molecule has 0 bridgehead atoms. The molecule has 8 rings (SSSR count). The second-order valence-corrected chi connectivity index (χ2v) is 9.04. The highest BCUT2D eigenvalue weighted by Crippen LogP contribution is 2.40. The minimum Gasteiger partial charge on any atom is -0.309 e. The number of fused-ring (bicyclic) bond motifs is 3. The SMILES string of the molecule is c1ccc(-n2c3ccccc3c3cc(-n4c5cccc6ccc7cccc4c7c65)ccc32)cc1. The lowest BCUT2D eigenvalue weighted by Crippen LogP contribution is -1.95. The molecule has 2 nitrogen and oxygen atoms in total. The van der Waals surface area contributed by atoms with Crippen molar-refractivity contribution in [3.63, 3.8) is 0 Å². The van der Waals surface area contributed by atoms with Gasteiger partial charge in [-0.2, -0.15) is 0 Å². The summed E-state index contributed by atoms with van der Waals surface area (Å²) in [6, 6.07) is 44.0. The van der Waals surface area contributed by atoms with Crippen LogP contribution in [0.25, 0.3) is 65.8 Å². The number of nitrogens with zero attached hydrogens (tertiary/aromatic N) is 2. The Morgan fingerprint density at radius 3 is 1.68 bits per heavy atom. The van der Waals surface area contributed by atoms with Crippen LogP contribution in [0.15, 0.2) is 121 Å². The lowest BCUT2D eigenvalue weighted by Gasteiger charge is -2.10. The highest BCUT2D eigenvalue weighted by molar-refractivity contribution is 6.24. The number of rotatable bonds is 2. The summed E-state index contributed by atoms with van der Waals surface area (Å²) in [6.07, 6.45) is 0. The van der Waals surface area contributed by atoms with Crippen LogP contribution in [-0.2, 0) is 0 Å². The van der Waals surface area contributed by atoms with Gasteiger partial charge < -0.3 is 9.13 Å². The highest BCUT2D eigenvalue weighted by atomic mass is 15.0. The number of para-hydroxylation sites is 2. The van der Waals surface area contributed by atoms with Crippen molar-refractivity contribution in [1.29, 1.82) is 0 Å². The van der Waals surface area contributed by atoms with Gasteiger partial charge in [-0.25, -0.2) is 0 Å². The fraction of sp³-hybridized carbons (Fsp3) is 0. The van der Waals surface area contributed by atoms with Crippen molar-refractivity contribution in [3.8, 4) is 11.4 Å². The van der Waals surface area contributed by atoms with Crippen molar-refractivity contribution in [2.45, 2.75) is 0 Å². The fourth-order valence-electron chi connectivity index (χ4n) is 5.85. The zero-order chi connectivity index (χ0) is 22.2. The van der Waals surface area contributed by atoms with Gasteiger partial charge in [0.15, 0.2) is 0 Å². The van der Waals surface area contributed by atoms with E-state index in [1.807, 2.05) is 0 Å². The molecule has 8 aromatic rings. The fourth-order valence-corrected chi connectivity index (χ4v) is 5.85. The maximum absolute atomic E-state index is 2.43. The smallest absolute Gasteiger partial charge is 0.0547 e. The standard InChI is InChI=1S/C32H20N2/c1-2-10-23(11-3-1)33-27-13-5-4-12-25(27)26-20-24(18-19-28(26)33)34-29-14-6-8-21-16-17-22-9-7-15-30(34)32(22)31(21)29/h1-20H. The second kappa shape index (κ2) is 6.49. The van der Waals surface area contributed by atoms with E-state index >= 15 is 0 Å². The Morgan fingerprint density at radius 1 is 0.353 bits per heavy atom. The number of hydrogen-bond acceptors (Lipinski definition) is 0. The van der Waals surface area contributed by atoms with Crippen molar-refractivity contribution in [1.82, 2.24) is 9.13 Å². The Bertz CT molecular complexity index is 1940. The van der Waals surface area contributed by atoms with Crippen LogP contribution in [0.4, 0.5) is 0 Å². The van der Waals surface area contributed by atoms with Crippen molar-refractivity contribution in [2.24, 2.45) is 0 Å². The lowest BCUT2D eigenvalue weighted by molar-refractivity contribution is 1.17. The molecule has 6 aromatic carbocycles. The summed E-state index contributed by atoms with van der Waals surface area (Å²) in [6.45, 7) is 0. The molecular formula is C32H20N2. The van der Waals surface area contributed by atoms with Crippen molar-refractivity contribution < 1.29 is 0 Å². The second-order valence-electron chi connectivity index (χ2n) is 9.04. The Hall–Kier alpha value is -4.56. The van der Waals surface area contributed by atoms with Crippen molar-refractivity contribution in [2.75, 3.05) is 0 Å². The molecule has 0 spiro atoms. The van der Waals surface area contributed by atoms with Gasteiger partial charge in [-0.3, -0.25) is 0 Å². The van der Waals surface area contributed by atoms with Crippen LogP contribution in [0.3, 0.4) is 0 Å². The zero-order valence-electron chi connectivity index (χ0n) is 18.4. The van der Waals surface area contributed by atoms with Crippen LogP contribution in [-0.4, -0.2) is 9.13 Å². The summed E-state index contributed by atoms with van der Waals surface area (Å²) in [5, 5.41) is 7.83. The van der Waals surface area contributed by atoms with Gasteiger partial charge in [0.2, 0.25) is 0 Å². The van der Waals surface area contributed by atoms with E-state index in [1.54, 1.807) is 0 Å². The van der Waals surface area contributed by atoms with Crippen LogP contribution in [0.1, 0.15) is 0 Å².